The molecule has 0 unspecified atom stereocenters. The van der Waals surface area contributed by atoms with Crippen LogP contribution in [0.2, 0.25) is 0 Å². The molecule has 0 saturated heterocycles. The summed E-state index contributed by atoms with van der Waals surface area (Å²) in [5.74, 6) is 1.19. The van der Waals surface area contributed by atoms with Crippen LogP contribution in [0.3, 0.4) is 0 Å². The summed E-state index contributed by atoms with van der Waals surface area (Å²) in [6.45, 7) is 4.10. The van der Waals surface area contributed by atoms with E-state index in [9.17, 15) is 4.79 Å². The fraction of sp³-hybridized carbons (Fsp3) is 0.292. The number of para-hydroxylation sites is 1. The molecular weight excluding hydrogens is 396 g/mol. The molecule has 0 spiro atoms. The molecule has 0 aliphatic carbocycles. The number of hydrogen-bond acceptors (Lipinski definition) is 5. The third kappa shape index (κ3) is 6.34. The molecule has 1 atom stereocenters. The van der Waals surface area contributed by atoms with Gasteiger partial charge < -0.3 is 14.8 Å². The Hall–Kier alpha value is -2.83. The minimum atomic E-state index is -0.174. The monoisotopic (exact) mass is 424 g/mol. The molecule has 0 radical (unpaired) electrons. The van der Waals surface area contributed by atoms with Crippen LogP contribution >= 0.6 is 11.3 Å². The first kappa shape index (κ1) is 21.9. The SMILES string of the molecule is COc1ccccc1C(=O)NC[C@H](C)Oc1cccc(CN(C)Cc2ccsc2)c1. The number of nitrogens with one attached hydrogen (secondary N) is 1. The molecule has 3 rings (SSSR count). The molecule has 0 fully saturated rings. The van der Waals surface area contributed by atoms with E-state index in [0.717, 1.165) is 18.8 Å². The minimum Gasteiger partial charge on any atom is -0.496 e. The first-order valence-corrected chi connectivity index (χ1v) is 10.9. The lowest BCUT2D eigenvalue weighted by molar-refractivity contribution is 0.0929. The summed E-state index contributed by atoms with van der Waals surface area (Å²) < 4.78 is 11.3. The van der Waals surface area contributed by atoms with E-state index in [1.54, 1.807) is 30.6 Å². The van der Waals surface area contributed by atoms with Crippen LogP contribution < -0.4 is 14.8 Å². The van der Waals surface area contributed by atoms with E-state index in [1.165, 1.54) is 11.1 Å². The maximum Gasteiger partial charge on any atom is 0.255 e. The van der Waals surface area contributed by atoms with Crippen molar-refractivity contribution in [1.82, 2.24) is 10.2 Å². The van der Waals surface area contributed by atoms with Gasteiger partial charge in [-0.3, -0.25) is 9.69 Å². The average Bonchev–Trinajstić information content (AvgIpc) is 3.25. The number of ether oxygens (including phenoxy) is 2. The zero-order chi connectivity index (χ0) is 21.3. The van der Waals surface area contributed by atoms with Crippen LogP contribution in [0.15, 0.2) is 65.4 Å². The van der Waals surface area contributed by atoms with Gasteiger partial charge in [0.25, 0.3) is 5.91 Å². The minimum absolute atomic E-state index is 0.164. The van der Waals surface area contributed by atoms with Crippen LogP contribution in [0, 0.1) is 0 Å². The Labute approximate surface area is 182 Å². The maximum absolute atomic E-state index is 12.4. The second kappa shape index (κ2) is 10.8. The standard InChI is InChI=1S/C24H28N2O3S/c1-18(14-25-24(27)22-9-4-5-10-23(22)28-3)29-21-8-6-7-19(13-21)15-26(2)16-20-11-12-30-17-20/h4-13,17-18H,14-16H2,1-3H3,(H,25,27)/t18-/m0/s1. The van der Waals surface area contributed by atoms with Crippen LogP contribution in [0.4, 0.5) is 0 Å². The number of thiophene rings is 1. The number of hydrogen-bond donors (Lipinski definition) is 1. The molecule has 158 valence electrons. The van der Waals surface area contributed by atoms with Crippen molar-refractivity contribution in [3.63, 3.8) is 0 Å². The highest BCUT2D eigenvalue weighted by Gasteiger charge is 2.13. The molecule has 5 nitrogen and oxygen atoms in total. The fourth-order valence-corrected chi connectivity index (χ4v) is 3.88. The van der Waals surface area contributed by atoms with Crippen LogP contribution in [0.5, 0.6) is 11.5 Å². The van der Waals surface area contributed by atoms with Gasteiger partial charge in [-0.2, -0.15) is 11.3 Å². The number of amides is 1. The van der Waals surface area contributed by atoms with Gasteiger partial charge >= 0.3 is 0 Å². The van der Waals surface area contributed by atoms with Gasteiger partial charge in [0.15, 0.2) is 0 Å². The summed E-state index contributed by atoms with van der Waals surface area (Å²) in [4.78, 5) is 14.7. The third-order valence-electron chi connectivity index (χ3n) is 4.62. The van der Waals surface area contributed by atoms with E-state index in [1.807, 2.05) is 31.2 Å². The summed E-state index contributed by atoms with van der Waals surface area (Å²) in [7, 11) is 3.67. The van der Waals surface area contributed by atoms with Crippen molar-refractivity contribution in [2.45, 2.75) is 26.1 Å². The van der Waals surface area contributed by atoms with Crippen molar-refractivity contribution in [3.8, 4) is 11.5 Å². The van der Waals surface area contributed by atoms with Gasteiger partial charge in [0.2, 0.25) is 0 Å². The highest BCUT2D eigenvalue weighted by Crippen LogP contribution is 2.19. The van der Waals surface area contributed by atoms with E-state index >= 15 is 0 Å². The summed E-state index contributed by atoms with van der Waals surface area (Å²) in [6, 6.07) is 17.4. The van der Waals surface area contributed by atoms with E-state index in [2.05, 4.69) is 46.2 Å². The number of carbonyl (C=O) groups excluding carboxylic acids is 1. The Bertz CT molecular complexity index is 943. The summed E-state index contributed by atoms with van der Waals surface area (Å²) in [5, 5.41) is 7.19. The van der Waals surface area contributed by atoms with Gasteiger partial charge in [-0.1, -0.05) is 24.3 Å². The lowest BCUT2D eigenvalue weighted by Gasteiger charge is -2.19. The highest BCUT2D eigenvalue weighted by atomic mass is 32.1. The third-order valence-corrected chi connectivity index (χ3v) is 5.35. The molecule has 30 heavy (non-hydrogen) atoms. The molecule has 1 amide bonds. The van der Waals surface area contributed by atoms with Gasteiger partial charge in [0.05, 0.1) is 19.2 Å². The zero-order valence-corrected chi connectivity index (χ0v) is 18.4. The van der Waals surface area contributed by atoms with Crippen molar-refractivity contribution in [2.75, 3.05) is 20.7 Å². The molecule has 1 heterocycles. The van der Waals surface area contributed by atoms with Gasteiger partial charge in [0.1, 0.15) is 17.6 Å². The quantitative estimate of drug-likeness (QED) is 0.517. The van der Waals surface area contributed by atoms with Gasteiger partial charge in [-0.25, -0.2) is 0 Å². The van der Waals surface area contributed by atoms with Crippen LogP contribution in [0.25, 0.3) is 0 Å². The summed E-state index contributed by atoms with van der Waals surface area (Å²) in [5.41, 5.74) is 3.03. The molecule has 0 aliphatic heterocycles. The van der Waals surface area contributed by atoms with Gasteiger partial charge in [-0.15, -0.1) is 0 Å². The predicted octanol–water partition coefficient (Wildman–Crippen LogP) is 4.59. The van der Waals surface area contributed by atoms with Gasteiger partial charge in [-0.05, 0) is 66.2 Å². The zero-order valence-electron chi connectivity index (χ0n) is 17.6. The Kier molecular flexibility index (Phi) is 7.88. The van der Waals surface area contributed by atoms with Crippen LogP contribution in [-0.4, -0.2) is 37.6 Å². The van der Waals surface area contributed by atoms with E-state index < -0.39 is 0 Å². The molecule has 0 bridgehead atoms. The van der Waals surface area contributed by atoms with Crippen molar-refractivity contribution >= 4 is 17.2 Å². The molecule has 0 aliphatic rings. The number of methoxy groups -OCH3 is 1. The van der Waals surface area contributed by atoms with E-state index in [0.29, 0.717) is 17.9 Å². The van der Waals surface area contributed by atoms with Gasteiger partial charge in [0, 0.05) is 13.1 Å². The second-order valence-corrected chi connectivity index (χ2v) is 8.07. The number of nitrogens with zero attached hydrogens (tertiary/aromatic N) is 1. The number of carbonyl (C=O) groups is 1. The molecule has 3 aromatic rings. The summed E-state index contributed by atoms with van der Waals surface area (Å²) >= 11 is 1.72. The first-order chi connectivity index (χ1) is 14.5. The first-order valence-electron chi connectivity index (χ1n) is 9.91. The number of benzene rings is 2. The van der Waals surface area contributed by atoms with Crippen molar-refractivity contribution in [1.29, 1.82) is 0 Å². The normalized spacial score (nSPS) is 11.9. The largest absolute Gasteiger partial charge is 0.496 e. The van der Waals surface area contributed by atoms with Crippen molar-refractivity contribution in [2.24, 2.45) is 0 Å². The average molecular weight is 425 g/mol. The summed E-state index contributed by atoms with van der Waals surface area (Å²) in [6.07, 6.45) is -0.164. The predicted molar refractivity (Wildman–Crippen MR) is 121 cm³/mol. The lowest BCUT2D eigenvalue weighted by Crippen LogP contribution is -2.33. The Balaban J connectivity index is 1.50. The van der Waals surface area contributed by atoms with E-state index in [4.69, 9.17) is 9.47 Å². The molecule has 2 aromatic carbocycles. The Morgan fingerprint density at radius 1 is 1.10 bits per heavy atom. The Morgan fingerprint density at radius 2 is 1.90 bits per heavy atom. The maximum atomic E-state index is 12.4. The Morgan fingerprint density at radius 3 is 2.67 bits per heavy atom. The van der Waals surface area contributed by atoms with Crippen molar-refractivity contribution in [3.05, 3.63) is 82.0 Å². The van der Waals surface area contributed by atoms with E-state index in [-0.39, 0.29) is 12.0 Å². The fourth-order valence-electron chi connectivity index (χ4n) is 3.22. The van der Waals surface area contributed by atoms with Crippen molar-refractivity contribution < 1.29 is 14.3 Å². The highest BCUT2D eigenvalue weighted by molar-refractivity contribution is 7.07. The second-order valence-electron chi connectivity index (χ2n) is 7.29. The number of rotatable bonds is 10. The topological polar surface area (TPSA) is 50.8 Å². The lowest BCUT2D eigenvalue weighted by atomic mass is 10.2. The van der Waals surface area contributed by atoms with Crippen LogP contribution in [-0.2, 0) is 13.1 Å². The molecule has 6 heteroatoms. The molecule has 0 saturated carbocycles. The molecular formula is C24H28N2O3S. The van der Waals surface area contributed by atoms with Crippen LogP contribution in [0.1, 0.15) is 28.4 Å². The molecule has 1 N–H and O–H groups in total. The smallest absolute Gasteiger partial charge is 0.255 e. The molecule has 1 aromatic heterocycles.